The number of anilines is 2. The number of hydrogen-bond donors (Lipinski definition) is 1. The van der Waals surface area contributed by atoms with Crippen molar-refractivity contribution in [2.45, 2.75) is 12.3 Å². The summed E-state index contributed by atoms with van der Waals surface area (Å²) in [6.45, 7) is 0.507. The lowest BCUT2D eigenvalue weighted by Gasteiger charge is -2.16. The molecule has 1 aliphatic rings. The summed E-state index contributed by atoms with van der Waals surface area (Å²) < 4.78 is 0. The van der Waals surface area contributed by atoms with Crippen molar-refractivity contribution in [1.82, 2.24) is 10.2 Å². The van der Waals surface area contributed by atoms with Crippen LogP contribution in [-0.2, 0) is 4.79 Å². The van der Waals surface area contributed by atoms with Crippen LogP contribution in [0.4, 0.5) is 10.8 Å². The van der Waals surface area contributed by atoms with Crippen LogP contribution in [0.3, 0.4) is 0 Å². The zero-order chi connectivity index (χ0) is 19.7. The number of nitrogens with one attached hydrogen (secondary N) is 1. The summed E-state index contributed by atoms with van der Waals surface area (Å²) in [4.78, 5) is 26.5. The fourth-order valence-corrected chi connectivity index (χ4v) is 4.18. The predicted octanol–water partition coefficient (Wildman–Crippen LogP) is 4.62. The van der Waals surface area contributed by atoms with Crippen molar-refractivity contribution < 1.29 is 9.59 Å². The predicted molar refractivity (Wildman–Crippen MR) is 110 cm³/mol. The highest BCUT2D eigenvalue weighted by molar-refractivity contribution is 7.15. The molecule has 0 spiro atoms. The number of amides is 2. The van der Waals surface area contributed by atoms with Gasteiger partial charge in [0, 0.05) is 29.6 Å². The summed E-state index contributed by atoms with van der Waals surface area (Å²) in [5.41, 5.74) is 1.17. The van der Waals surface area contributed by atoms with E-state index < -0.39 is 0 Å². The lowest BCUT2D eigenvalue weighted by Crippen LogP contribution is -2.24. The van der Waals surface area contributed by atoms with Gasteiger partial charge in [0.2, 0.25) is 11.0 Å². The molecular formula is C19H14Cl2N4O2S. The van der Waals surface area contributed by atoms with E-state index in [1.165, 1.54) is 11.3 Å². The molecule has 0 bridgehead atoms. The van der Waals surface area contributed by atoms with Crippen LogP contribution >= 0.6 is 34.5 Å². The molecule has 142 valence electrons. The third-order valence-electron chi connectivity index (χ3n) is 4.39. The average molecular weight is 433 g/mol. The van der Waals surface area contributed by atoms with Crippen LogP contribution in [0, 0.1) is 0 Å². The van der Waals surface area contributed by atoms with Gasteiger partial charge in [-0.2, -0.15) is 0 Å². The number of benzene rings is 2. The molecule has 1 N–H and O–H groups in total. The second kappa shape index (κ2) is 7.87. The van der Waals surface area contributed by atoms with Crippen molar-refractivity contribution in [3.05, 3.63) is 69.1 Å². The quantitative estimate of drug-likeness (QED) is 0.652. The Kier molecular flexibility index (Phi) is 5.30. The molecule has 0 saturated carbocycles. The summed E-state index contributed by atoms with van der Waals surface area (Å²) in [5.74, 6) is -0.408. The molecular weight excluding hydrogens is 419 g/mol. The van der Waals surface area contributed by atoms with E-state index in [2.05, 4.69) is 15.5 Å². The third kappa shape index (κ3) is 3.87. The first-order valence-corrected chi connectivity index (χ1v) is 10.0. The molecule has 1 aromatic heterocycles. The van der Waals surface area contributed by atoms with Crippen LogP contribution in [0.1, 0.15) is 27.7 Å². The van der Waals surface area contributed by atoms with E-state index in [1.54, 1.807) is 41.3 Å². The molecule has 6 nitrogen and oxygen atoms in total. The van der Waals surface area contributed by atoms with Crippen molar-refractivity contribution in [2.24, 2.45) is 0 Å². The van der Waals surface area contributed by atoms with E-state index in [4.69, 9.17) is 23.2 Å². The normalized spacial score (nSPS) is 16.4. The molecule has 4 rings (SSSR count). The van der Waals surface area contributed by atoms with E-state index in [1.807, 2.05) is 12.1 Å². The second-order valence-electron chi connectivity index (χ2n) is 6.26. The lowest BCUT2D eigenvalue weighted by molar-refractivity contribution is -0.117. The van der Waals surface area contributed by atoms with Crippen LogP contribution < -0.4 is 10.2 Å². The number of carbonyl (C=O) groups is 2. The molecule has 1 atom stereocenters. The van der Waals surface area contributed by atoms with E-state index in [0.29, 0.717) is 38.7 Å². The first kappa shape index (κ1) is 18.9. The molecule has 2 heterocycles. The number of carbonyl (C=O) groups excluding carboxylic acids is 2. The largest absolute Gasteiger partial charge is 0.312 e. The topological polar surface area (TPSA) is 75.2 Å². The SMILES string of the molecule is O=C(Nc1nnc(C2CC(=O)N(c3ccc(Cl)cc3)C2)s1)c1ccccc1Cl. The van der Waals surface area contributed by atoms with E-state index in [0.717, 1.165) is 5.69 Å². The number of halogens is 2. The molecule has 1 saturated heterocycles. The molecule has 1 aliphatic heterocycles. The summed E-state index contributed by atoms with van der Waals surface area (Å²) in [7, 11) is 0. The highest BCUT2D eigenvalue weighted by atomic mass is 35.5. The van der Waals surface area contributed by atoms with Gasteiger partial charge in [-0.25, -0.2) is 0 Å². The van der Waals surface area contributed by atoms with Gasteiger partial charge in [0.15, 0.2) is 0 Å². The maximum absolute atomic E-state index is 12.4. The smallest absolute Gasteiger partial charge is 0.259 e. The minimum atomic E-state index is -0.349. The highest BCUT2D eigenvalue weighted by Gasteiger charge is 2.34. The van der Waals surface area contributed by atoms with Gasteiger partial charge in [-0.05, 0) is 36.4 Å². The molecule has 1 fully saturated rings. The van der Waals surface area contributed by atoms with Crippen molar-refractivity contribution >= 4 is 57.2 Å². The maximum Gasteiger partial charge on any atom is 0.259 e. The number of aromatic nitrogens is 2. The summed E-state index contributed by atoms with van der Waals surface area (Å²) in [6, 6.07) is 13.9. The van der Waals surface area contributed by atoms with E-state index in [9.17, 15) is 9.59 Å². The standard InChI is InChI=1S/C19H14Cl2N4O2S/c20-12-5-7-13(8-6-12)25-10-11(9-16(25)26)18-23-24-19(28-18)22-17(27)14-3-1-2-4-15(14)21/h1-8,11H,9-10H2,(H,22,24,27). The second-order valence-corrected chi connectivity index (χ2v) is 8.11. The Morgan fingerprint density at radius 1 is 1.11 bits per heavy atom. The minimum absolute atomic E-state index is 0.0178. The van der Waals surface area contributed by atoms with Gasteiger partial charge in [0.1, 0.15) is 5.01 Å². The van der Waals surface area contributed by atoms with Crippen LogP contribution in [-0.4, -0.2) is 28.6 Å². The highest BCUT2D eigenvalue weighted by Crippen LogP contribution is 2.34. The molecule has 1 unspecified atom stereocenters. The Bertz CT molecular complexity index is 1040. The van der Waals surface area contributed by atoms with Crippen molar-refractivity contribution in [1.29, 1.82) is 0 Å². The molecule has 0 radical (unpaired) electrons. The lowest BCUT2D eigenvalue weighted by atomic mass is 10.1. The van der Waals surface area contributed by atoms with Crippen molar-refractivity contribution in [2.75, 3.05) is 16.8 Å². The molecule has 2 aromatic carbocycles. The minimum Gasteiger partial charge on any atom is -0.312 e. The number of hydrogen-bond acceptors (Lipinski definition) is 5. The van der Waals surface area contributed by atoms with Gasteiger partial charge in [-0.1, -0.05) is 46.7 Å². The van der Waals surface area contributed by atoms with Crippen molar-refractivity contribution in [3.8, 4) is 0 Å². The average Bonchev–Trinajstić information content (AvgIpc) is 3.29. The number of nitrogens with zero attached hydrogens (tertiary/aromatic N) is 3. The summed E-state index contributed by atoms with van der Waals surface area (Å²) in [6.07, 6.45) is 0.343. The van der Waals surface area contributed by atoms with Gasteiger partial charge in [0.25, 0.3) is 5.91 Å². The van der Waals surface area contributed by atoms with E-state index in [-0.39, 0.29) is 17.7 Å². The Morgan fingerprint density at radius 2 is 1.86 bits per heavy atom. The molecule has 9 heteroatoms. The van der Waals surface area contributed by atoms with Crippen LogP contribution in [0.15, 0.2) is 48.5 Å². The first-order chi connectivity index (χ1) is 13.5. The van der Waals surface area contributed by atoms with Gasteiger partial charge in [-0.15, -0.1) is 10.2 Å². The molecule has 2 amide bonds. The van der Waals surface area contributed by atoms with Crippen LogP contribution in [0.25, 0.3) is 0 Å². The van der Waals surface area contributed by atoms with Gasteiger partial charge >= 0.3 is 0 Å². The van der Waals surface area contributed by atoms with Crippen LogP contribution in [0.2, 0.25) is 10.0 Å². The molecule has 0 aliphatic carbocycles. The molecule has 28 heavy (non-hydrogen) atoms. The van der Waals surface area contributed by atoms with E-state index >= 15 is 0 Å². The first-order valence-electron chi connectivity index (χ1n) is 8.46. The molecule has 3 aromatic rings. The van der Waals surface area contributed by atoms with Gasteiger partial charge < -0.3 is 4.90 Å². The van der Waals surface area contributed by atoms with Gasteiger partial charge in [0.05, 0.1) is 10.6 Å². The zero-order valence-electron chi connectivity index (χ0n) is 14.4. The van der Waals surface area contributed by atoms with Gasteiger partial charge in [-0.3, -0.25) is 14.9 Å². The third-order valence-corrected chi connectivity index (χ3v) is 5.97. The Morgan fingerprint density at radius 3 is 2.61 bits per heavy atom. The zero-order valence-corrected chi connectivity index (χ0v) is 16.8. The summed E-state index contributed by atoms with van der Waals surface area (Å²) in [5, 5.41) is 13.0. The fraction of sp³-hybridized carbons (Fsp3) is 0.158. The fourth-order valence-electron chi connectivity index (χ4n) is 3.00. The van der Waals surface area contributed by atoms with Crippen LogP contribution in [0.5, 0.6) is 0 Å². The Balaban J connectivity index is 1.46. The monoisotopic (exact) mass is 432 g/mol. The summed E-state index contributed by atoms with van der Waals surface area (Å²) >= 11 is 13.2. The number of rotatable bonds is 4. The van der Waals surface area contributed by atoms with Crippen molar-refractivity contribution in [3.63, 3.8) is 0 Å². The Labute approximate surface area is 175 Å². The Hall–Kier alpha value is -2.48. The maximum atomic E-state index is 12.4.